The quantitative estimate of drug-likeness (QED) is 0.111. The zero-order valence-corrected chi connectivity index (χ0v) is 74.2. The first-order chi connectivity index (χ1) is 53.1. The number of aryl methyl sites for hydroxylation is 18. The second-order valence-corrected chi connectivity index (χ2v) is 41.6. The van der Waals surface area contributed by atoms with Gasteiger partial charge in [0, 0.05) is 85.8 Å². The Morgan fingerprint density at radius 3 is 0.625 bits per heavy atom. The van der Waals surface area contributed by atoms with Crippen molar-refractivity contribution in [1.82, 2.24) is 4.98 Å². The van der Waals surface area contributed by atoms with Crippen LogP contribution in [0.15, 0.2) is 225 Å². The van der Waals surface area contributed by atoms with Crippen LogP contribution in [0.2, 0.25) is 0 Å². The fourth-order valence-electron chi connectivity index (χ4n) is 16.9. The third-order valence-corrected chi connectivity index (χ3v) is 26.9. The molecule has 5 aliphatic rings. The number of aromatic nitrogens is 1. The maximum atomic E-state index is 6.19. The molecule has 11 aromatic rings. The van der Waals surface area contributed by atoms with E-state index in [1.807, 2.05) is 66.7 Å². The Labute approximate surface area is 697 Å². The molecular formula is C99H110Cl4N7Ru2-3. The summed E-state index contributed by atoms with van der Waals surface area (Å²) in [6.07, 6.45) is 7.80. The van der Waals surface area contributed by atoms with Gasteiger partial charge in [-0.05, 0) is 204 Å². The minimum Gasteiger partial charge on any atom is -0.265 e. The van der Waals surface area contributed by atoms with Crippen LogP contribution in [0.4, 0.5) is 34.1 Å². The molecule has 7 nitrogen and oxygen atoms in total. The molecule has 3 aliphatic heterocycles. The van der Waals surface area contributed by atoms with Crippen molar-refractivity contribution in [2.45, 2.75) is 132 Å². The molecule has 2 aliphatic carbocycles. The molecule has 588 valence electrons. The first-order valence-electron chi connectivity index (χ1n) is 38.1. The standard InChI is InChI=1S/3C21H27N2.2C15H10.C5H5N.CH4.4ClH.2Ru/c3*1-14-9-16(3)20(17(4)10-14)22-7-8-23(13-22)21-18(5)11-15(2)12-19(21)6;2*1-2-6-12(7-3-1)15-11-10-13-8-4-5-9-14(13)15;1-2-4-6-5-3-1;;;;;;;/h3*9-13H,7-8H2,1-6H3;2*1-9,11H;1-5H;1H4;4*1H;;/q3*-1;;;;;;;;;2*+2/p-4. The summed E-state index contributed by atoms with van der Waals surface area (Å²) in [5.41, 5.74) is 42.2. The van der Waals surface area contributed by atoms with E-state index in [-0.39, 0.29) is 7.43 Å². The summed E-state index contributed by atoms with van der Waals surface area (Å²) in [5, 5.41) is 0. The Hall–Kier alpha value is -8.22. The van der Waals surface area contributed by atoms with E-state index in [9.17, 15) is 0 Å². The fraction of sp³-hybridized carbons (Fsp3) is 0.253. The number of anilines is 6. The van der Waals surface area contributed by atoms with Crippen LogP contribution in [-0.2, 0) is 27.0 Å². The molecule has 13 heteroatoms. The molecule has 112 heavy (non-hydrogen) atoms. The van der Waals surface area contributed by atoms with E-state index in [1.54, 1.807) is 12.4 Å². The van der Waals surface area contributed by atoms with Crippen LogP contribution in [-0.4, -0.2) is 52.5 Å². The summed E-state index contributed by atoms with van der Waals surface area (Å²) >= 11 is -3.76. The topological polar surface area (TPSA) is 32.3 Å². The van der Waals surface area contributed by atoms with Gasteiger partial charge in [-0.3, -0.25) is 4.98 Å². The van der Waals surface area contributed by atoms with Crippen molar-refractivity contribution in [3.63, 3.8) is 0 Å². The maximum absolute atomic E-state index is 6.19. The first kappa shape index (κ1) is 86.2. The van der Waals surface area contributed by atoms with Gasteiger partial charge in [0.2, 0.25) is 0 Å². The number of hydrogen-bond acceptors (Lipinski definition) is 7. The summed E-state index contributed by atoms with van der Waals surface area (Å²) in [7, 11) is 24.8. The summed E-state index contributed by atoms with van der Waals surface area (Å²) in [5.74, 6) is 0. The molecule has 0 atom stereocenters. The van der Waals surface area contributed by atoms with Crippen molar-refractivity contribution in [3.8, 4) is 0 Å². The molecule has 4 heterocycles. The van der Waals surface area contributed by atoms with Gasteiger partial charge < -0.3 is 29.4 Å². The van der Waals surface area contributed by atoms with Crippen molar-refractivity contribution < 1.29 is 27.0 Å². The van der Waals surface area contributed by atoms with E-state index < -0.39 is 27.0 Å². The van der Waals surface area contributed by atoms with Gasteiger partial charge in [0.25, 0.3) is 0 Å². The van der Waals surface area contributed by atoms with E-state index in [0.29, 0.717) is 0 Å². The summed E-state index contributed by atoms with van der Waals surface area (Å²) in [6.45, 7) is 52.7. The second-order valence-electron chi connectivity index (χ2n) is 30.0. The third-order valence-electron chi connectivity index (χ3n) is 20.6. The van der Waals surface area contributed by atoms with Crippen LogP contribution in [0.25, 0.3) is 11.1 Å². The zero-order valence-electron chi connectivity index (χ0n) is 67.7. The molecule has 10 aromatic carbocycles. The summed E-state index contributed by atoms with van der Waals surface area (Å²) < 4.78 is 2.25. The maximum Gasteiger partial charge on any atom is 0.0267 e. The van der Waals surface area contributed by atoms with Crippen molar-refractivity contribution in [2.75, 3.05) is 68.7 Å². The van der Waals surface area contributed by atoms with Gasteiger partial charge in [0.05, 0.1) is 0 Å². The SMILES string of the molecule is C.Cc1cc(C)c(N2[CH-]N(c3c(C)cc(C)cc3C)CC2)c(C)c1.Cc1cc(C)c(N2[CH-]N(c3c(C)cc(C)cc3C)CC2)c(C)c1.Cc1cc(C)c(N2[CH-]N(c3c(C)cc(C)cc3C)CC2)c(C)c1.[Cl][Ru]([Cl])=[C]1C=C(c2ccccc2)c2ccccc21.[Cl][Ru]([Cl])=[C]1C=C(c2ccccc2)c2ccccc21.c1ccncc1. The molecule has 0 amide bonds. The molecule has 1 aromatic heterocycles. The van der Waals surface area contributed by atoms with Crippen molar-refractivity contribution in [2.24, 2.45) is 0 Å². The van der Waals surface area contributed by atoms with Crippen LogP contribution in [0.1, 0.15) is 141 Å². The number of halogens is 4. The Morgan fingerprint density at radius 1 is 0.259 bits per heavy atom. The molecule has 0 saturated carbocycles. The Balaban J connectivity index is 0.000000146. The molecule has 0 radical (unpaired) electrons. The summed E-state index contributed by atoms with van der Waals surface area (Å²) in [6, 6.07) is 70.4. The van der Waals surface area contributed by atoms with Crippen LogP contribution >= 0.6 is 38.8 Å². The summed E-state index contributed by atoms with van der Waals surface area (Å²) in [4.78, 5) is 18.2. The number of rotatable bonds is 8. The van der Waals surface area contributed by atoms with E-state index in [2.05, 4.69) is 325 Å². The number of benzene rings is 10. The number of nitrogens with zero attached hydrogens (tertiary/aromatic N) is 7. The smallest absolute Gasteiger partial charge is 0.0267 e. The number of fused-ring (bicyclic) bond motifs is 2. The Bertz CT molecular complexity index is 4510. The Kier molecular flexibility index (Phi) is 30.2. The van der Waals surface area contributed by atoms with Gasteiger partial charge >= 0.3 is 240 Å². The molecule has 3 saturated heterocycles. The minimum atomic E-state index is -1.88. The molecule has 0 spiro atoms. The van der Waals surface area contributed by atoms with Crippen LogP contribution in [0, 0.1) is 145 Å². The first-order valence-corrected chi connectivity index (χ1v) is 48.8. The van der Waals surface area contributed by atoms with Gasteiger partial charge in [-0.15, -0.1) is 0 Å². The number of hydrogen-bond donors (Lipinski definition) is 0. The minimum absolute atomic E-state index is 0. The van der Waals surface area contributed by atoms with Gasteiger partial charge in [0.15, 0.2) is 0 Å². The van der Waals surface area contributed by atoms with Crippen LogP contribution in [0.3, 0.4) is 0 Å². The van der Waals surface area contributed by atoms with Gasteiger partial charge in [-0.1, -0.05) is 120 Å². The van der Waals surface area contributed by atoms with Gasteiger partial charge in [-0.25, -0.2) is 0 Å². The molecule has 16 rings (SSSR count). The zero-order chi connectivity index (χ0) is 79.5. The monoisotopic (exact) mass is 1740 g/mol. The van der Waals surface area contributed by atoms with E-state index in [1.165, 1.54) is 179 Å². The number of pyridine rings is 1. The van der Waals surface area contributed by atoms with Gasteiger partial charge in [0.1, 0.15) is 0 Å². The molecule has 0 bridgehead atoms. The van der Waals surface area contributed by atoms with E-state index >= 15 is 0 Å². The van der Waals surface area contributed by atoms with Crippen LogP contribution < -0.4 is 29.4 Å². The van der Waals surface area contributed by atoms with Crippen molar-refractivity contribution >= 4 is 92.2 Å². The average molecular weight is 1740 g/mol. The second kappa shape index (κ2) is 39.2. The predicted molar refractivity (Wildman–Crippen MR) is 483 cm³/mol. The molecule has 0 unspecified atom stereocenters. The average Bonchev–Trinajstić information content (AvgIpc) is 1.64. The fourth-order valence-corrected chi connectivity index (χ4v) is 21.9. The molecule has 0 N–H and O–H groups in total. The third kappa shape index (κ3) is 20.8. The normalized spacial score (nSPS) is 14.1. The van der Waals surface area contributed by atoms with Crippen LogP contribution in [0.5, 0.6) is 0 Å². The Morgan fingerprint density at radius 2 is 0.446 bits per heavy atom. The number of allylic oxidation sites excluding steroid dienone is 2. The largest absolute Gasteiger partial charge is 0.265 e. The van der Waals surface area contributed by atoms with Crippen molar-refractivity contribution in [3.05, 3.63) is 378 Å². The molecule has 3 fully saturated rings. The predicted octanol–water partition coefficient (Wildman–Crippen LogP) is 25.8. The van der Waals surface area contributed by atoms with E-state index in [0.717, 1.165) is 47.5 Å². The molecular weight excluding hydrogens is 1630 g/mol. The van der Waals surface area contributed by atoms with Crippen molar-refractivity contribution in [1.29, 1.82) is 0 Å². The van der Waals surface area contributed by atoms with Gasteiger partial charge in [-0.2, -0.15) is 20.0 Å². The van der Waals surface area contributed by atoms with E-state index in [4.69, 9.17) is 38.8 Å².